The van der Waals surface area contributed by atoms with Gasteiger partial charge >= 0.3 is 0 Å². The van der Waals surface area contributed by atoms with Crippen molar-refractivity contribution < 1.29 is 23.2 Å². The molecule has 1 aromatic carbocycles. The van der Waals surface area contributed by atoms with Crippen LogP contribution in [-0.4, -0.2) is 23.9 Å². The van der Waals surface area contributed by atoms with Crippen LogP contribution in [0.5, 0.6) is 0 Å². The molecule has 0 unspecified atom stereocenters. The van der Waals surface area contributed by atoms with Crippen LogP contribution in [0, 0.1) is 6.92 Å². The Morgan fingerprint density at radius 2 is 1.91 bits per heavy atom. The predicted molar refractivity (Wildman–Crippen MR) is 127 cm³/mol. The third kappa shape index (κ3) is 6.02. The Labute approximate surface area is 198 Å². The summed E-state index contributed by atoms with van der Waals surface area (Å²) in [6.45, 7) is 2.46. The molecule has 4 rings (SSSR count). The highest BCUT2D eigenvalue weighted by Gasteiger charge is 2.15. The normalized spacial score (nSPS) is 13.4. The number of hydrogen-bond donors (Lipinski definition) is 2. The molecule has 0 fully saturated rings. The number of furan rings is 1. The first kappa shape index (κ1) is 23.5. The van der Waals surface area contributed by atoms with Gasteiger partial charge in [0.2, 0.25) is 11.8 Å². The summed E-state index contributed by atoms with van der Waals surface area (Å²) < 4.78 is 16.3. The molecule has 1 aliphatic rings. The lowest BCUT2D eigenvalue weighted by molar-refractivity contribution is -0.120. The Hall–Kier alpha value is -3.65. The Balaban J connectivity index is 1.33. The van der Waals surface area contributed by atoms with Gasteiger partial charge in [-0.1, -0.05) is 11.6 Å². The number of aromatic nitrogens is 1. The van der Waals surface area contributed by atoms with Gasteiger partial charge in [-0.2, -0.15) is 0 Å². The van der Waals surface area contributed by atoms with Crippen molar-refractivity contribution in [2.24, 2.45) is 0 Å². The first-order chi connectivity index (χ1) is 16.5. The van der Waals surface area contributed by atoms with Crippen LogP contribution >= 0.6 is 0 Å². The highest BCUT2D eigenvalue weighted by Crippen LogP contribution is 2.24. The van der Waals surface area contributed by atoms with Crippen LogP contribution in [0.3, 0.4) is 0 Å². The van der Waals surface area contributed by atoms with Crippen LogP contribution in [0.4, 0.5) is 5.69 Å². The molecule has 178 valence electrons. The number of rotatable bonds is 9. The summed E-state index contributed by atoms with van der Waals surface area (Å²) in [6.07, 6.45) is 7.07. The molecule has 0 saturated heterocycles. The smallest absolute Gasteiger partial charge is 0.291 e. The van der Waals surface area contributed by atoms with E-state index in [1.807, 2.05) is 19.1 Å². The van der Waals surface area contributed by atoms with Crippen LogP contribution < -0.4 is 10.6 Å². The van der Waals surface area contributed by atoms with E-state index in [0.29, 0.717) is 48.4 Å². The fourth-order valence-electron chi connectivity index (χ4n) is 3.84. The SMILES string of the molecule is COCc1ccc(C(=O)Nc2ccc(-c3nc(CNC(=O)CC4=CCCCC4)c(C)o3)cc2)o1. The number of anilines is 1. The Bertz CT molecular complexity index is 1170. The van der Waals surface area contributed by atoms with E-state index in [0.717, 1.165) is 24.8 Å². The van der Waals surface area contributed by atoms with Gasteiger partial charge in [-0.05, 0) is 69.0 Å². The van der Waals surface area contributed by atoms with Crippen molar-refractivity contribution in [3.05, 3.63) is 71.0 Å². The fraction of sp³-hybridized carbons (Fsp3) is 0.346. The van der Waals surface area contributed by atoms with E-state index in [4.69, 9.17) is 13.6 Å². The molecular weight excluding hydrogens is 434 g/mol. The molecule has 0 aliphatic heterocycles. The van der Waals surface area contributed by atoms with Gasteiger partial charge in [0, 0.05) is 24.8 Å². The molecular formula is C26H29N3O5. The van der Waals surface area contributed by atoms with Crippen LogP contribution in [-0.2, 0) is 22.7 Å². The highest BCUT2D eigenvalue weighted by molar-refractivity contribution is 6.02. The molecule has 2 aromatic heterocycles. The summed E-state index contributed by atoms with van der Waals surface area (Å²) in [7, 11) is 1.56. The lowest BCUT2D eigenvalue weighted by Gasteiger charge is -2.12. The number of oxazole rings is 1. The van der Waals surface area contributed by atoms with Gasteiger partial charge in [0.1, 0.15) is 23.8 Å². The van der Waals surface area contributed by atoms with Gasteiger partial charge in [-0.3, -0.25) is 9.59 Å². The van der Waals surface area contributed by atoms with Crippen LogP contribution in [0.15, 0.2) is 56.9 Å². The van der Waals surface area contributed by atoms with E-state index in [1.54, 1.807) is 31.4 Å². The van der Waals surface area contributed by atoms with Crippen molar-refractivity contribution in [2.75, 3.05) is 12.4 Å². The minimum atomic E-state index is -0.343. The second-order valence-corrected chi connectivity index (χ2v) is 8.31. The first-order valence-corrected chi connectivity index (χ1v) is 11.4. The molecule has 0 radical (unpaired) electrons. The maximum absolute atomic E-state index is 12.4. The molecule has 0 atom stereocenters. The van der Waals surface area contributed by atoms with Crippen LogP contribution in [0.1, 0.15) is 59.9 Å². The van der Waals surface area contributed by atoms with Gasteiger partial charge in [0.05, 0.1) is 6.54 Å². The Morgan fingerprint density at radius 1 is 1.09 bits per heavy atom. The number of benzene rings is 1. The summed E-state index contributed by atoms with van der Waals surface area (Å²) >= 11 is 0. The number of aryl methyl sites for hydroxylation is 1. The lowest BCUT2D eigenvalue weighted by Crippen LogP contribution is -2.23. The number of methoxy groups -OCH3 is 1. The van der Waals surface area contributed by atoms with E-state index in [9.17, 15) is 9.59 Å². The quantitative estimate of drug-likeness (QED) is 0.425. The van der Waals surface area contributed by atoms with E-state index in [1.165, 1.54) is 12.0 Å². The number of nitrogens with one attached hydrogen (secondary N) is 2. The van der Waals surface area contributed by atoms with Crippen molar-refractivity contribution in [3.63, 3.8) is 0 Å². The highest BCUT2D eigenvalue weighted by atomic mass is 16.5. The van der Waals surface area contributed by atoms with Crippen LogP contribution in [0.25, 0.3) is 11.5 Å². The zero-order chi connectivity index (χ0) is 23.9. The molecule has 2 heterocycles. The second-order valence-electron chi connectivity index (χ2n) is 8.31. The number of carbonyl (C=O) groups is 2. The number of amides is 2. The molecule has 3 aromatic rings. The summed E-state index contributed by atoms with van der Waals surface area (Å²) in [4.78, 5) is 29.2. The zero-order valence-corrected chi connectivity index (χ0v) is 19.5. The average Bonchev–Trinajstić information content (AvgIpc) is 3.46. The molecule has 2 N–H and O–H groups in total. The monoisotopic (exact) mass is 463 g/mol. The minimum absolute atomic E-state index is 0.00286. The van der Waals surface area contributed by atoms with Gasteiger partial charge in [0.25, 0.3) is 5.91 Å². The Morgan fingerprint density at radius 3 is 2.65 bits per heavy atom. The molecule has 0 saturated carbocycles. The maximum Gasteiger partial charge on any atom is 0.291 e. The summed E-state index contributed by atoms with van der Waals surface area (Å²) in [5.41, 5.74) is 3.30. The third-order valence-electron chi connectivity index (χ3n) is 5.68. The number of hydrogen-bond acceptors (Lipinski definition) is 6. The predicted octanol–water partition coefficient (Wildman–Crippen LogP) is 5.15. The molecule has 0 bridgehead atoms. The minimum Gasteiger partial charge on any atom is -0.453 e. The standard InChI is InChI=1S/C26H29N3O5/c1-17-22(15-27-24(30)14-18-6-4-3-5-7-18)29-26(33-17)19-8-10-20(11-9-19)28-25(31)23-13-12-21(34-23)16-32-2/h6,8-13H,3-5,7,14-16H2,1-2H3,(H,27,30)(H,28,31). The number of nitrogens with zero attached hydrogens (tertiary/aromatic N) is 1. The van der Waals surface area contributed by atoms with E-state index < -0.39 is 0 Å². The number of ether oxygens (including phenoxy) is 1. The summed E-state index contributed by atoms with van der Waals surface area (Å²) in [5.74, 6) is 1.58. The topological polar surface area (TPSA) is 107 Å². The van der Waals surface area contributed by atoms with Crippen molar-refractivity contribution in [3.8, 4) is 11.5 Å². The largest absolute Gasteiger partial charge is 0.453 e. The van der Waals surface area contributed by atoms with E-state index in [2.05, 4.69) is 21.7 Å². The third-order valence-corrected chi connectivity index (χ3v) is 5.68. The summed E-state index contributed by atoms with van der Waals surface area (Å²) in [6, 6.07) is 10.5. The lowest BCUT2D eigenvalue weighted by atomic mass is 9.97. The zero-order valence-electron chi connectivity index (χ0n) is 19.5. The molecule has 2 amide bonds. The van der Waals surface area contributed by atoms with E-state index in [-0.39, 0.29) is 17.6 Å². The van der Waals surface area contributed by atoms with E-state index >= 15 is 0 Å². The molecule has 1 aliphatic carbocycles. The Kier molecular flexibility index (Phi) is 7.59. The number of carbonyl (C=O) groups excluding carboxylic acids is 2. The van der Waals surface area contributed by atoms with Crippen molar-refractivity contribution in [1.82, 2.24) is 10.3 Å². The average molecular weight is 464 g/mol. The second kappa shape index (κ2) is 11.0. The van der Waals surface area contributed by atoms with Crippen molar-refractivity contribution in [2.45, 2.75) is 52.2 Å². The first-order valence-electron chi connectivity index (χ1n) is 11.4. The van der Waals surface area contributed by atoms with Crippen molar-refractivity contribution in [1.29, 1.82) is 0 Å². The summed E-state index contributed by atoms with van der Waals surface area (Å²) in [5, 5.41) is 5.74. The molecule has 8 heteroatoms. The van der Waals surface area contributed by atoms with Gasteiger partial charge < -0.3 is 24.2 Å². The molecule has 34 heavy (non-hydrogen) atoms. The van der Waals surface area contributed by atoms with Gasteiger partial charge in [0.15, 0.2) is 5.76 Å². The van der Waals surface area contributed by atoms with Crippen LogP contribution in [0.2, 0.25) is 0 Å². The molecule has 8 nitrogen and oxygen atoms in total. The maximum atomic E-state index is 12.4. The molecule has 0 spiro atoms. The van der Waals surface area contributed by atoms with Gasteiger partial charge in [-0.25, -0.2) is 4.98 Å². The van der Waals surface area contributed by atoms with Crippen molar-refractivity contribution >= 4 is 17.5 Å². The van der Waals surface area contributed by atoms with Gasteiger partial charge in [-0.15, -0.1) is 0 Å². The number of allylic oxidation sites excluding steroid dienone is 1. The fourth-order valence-corrected chi connectivity index (χ4v) is 3.84.